The molecule has 1 aliphatic carbocycles. The lowest BCUT2D eigenvalue weighted by Gasteiger charge is -2.25. The summed E-state index contributed by atoms with van der Waals surface area (Å²) in [6.07, 6.45) is 4.74. The van der Waals surface area contributed by atoms with E-state index in [-0.39, 0.29) is 10.6 Å². The van der Waals surface area contributed by atoms with Gasteiger partial charge in [0.1, 0.15) is 0 Å². The molecule has 2 atom stereocenters. The van der Waals surface area contributed by atoms with Crippen molar-refractivity contribution in [1.82, 2.24) is 5.32 Å². The molecule has 0 spiro atoms. The van der Waals surface area contributed by atoms with Gasteiger partial charge >= 0.3 is 0 Å². The monoisotopic (exact) mass is 274 g/mol. The molecule has 0 aliphatic heterocycles. The molecule has 4 nitrogen and oxygen atoms in total. The van der Waals surface area contributed by atoms with E-state index in [2.05, 4.69) is 25.2 Å². The van der Waals surface area contributed by atoms with E-state index in [1.807, 2.05) is 6.07 Å². The van der Waals surface area contributed by atoms with Crippen LogP contribution >= 0.6 is 0 Å². The number of allylic oxidation sites excluding steroid dienone is 2. The van der Waals surface area contributed by atoms with Crippen molar-refractivity contribution in [1.29, 1.82) is 0 Å². The average molecular weight is 274 g/mol. The number of nitrogens with one attached hydrogen (secondary N) is 1. The van der Waals surface area contributed by atoms with Gasteiger partial charge in [-0.2, -0.15) is 0 Å². The SMILES string of the molecule is CC1=CC(C)CC(CNCc2cccc([N+](=O)[O-])c2)C1. The van der Waals surface area contributed by atoms with E-state index in [0.29, 0.717) is 18.4 Å². The van der Waals surface area contributed by atoms with Crippen LogP contribution in [0.25, 0.3) is 0 Å². The van der Waals surface area contributed by atoms with E-state index < -0.39 is 0 Å². The maximum absolute atomic E-state index is 10.7. The van der Waals surface area contributed by atoms with Crippen LogP contribution in [0.2, 0.25) is 0 Å². The predicted molar refractivity (Wildman–Crippen MR) is 80.4 cm³/mol. The quantitative estimate of drug-likeness (QED) is 0.506. The lowest BCUT2D eigenvalue weighted by atomic mass is 9.84. The number of nitrogens with zero attached hydrogens (tertiary/aromatic N) is 1. The van der Waals surface area contributed by atoms with Gasteiger partial charge in [-0.15, -0.1) is 0 Å². The molecule has 1 aromatic carbocycles. The summed E-state index contributed by atoms with van der Waals surface area (Å²) >= 11 is 0. The summed E-state index contributed by atoms with van der Waals surface area (Å²) in [5, 5.41) is 14.2. The fraction of sp³-hybridized carbons (Fsp3) is 0.500. The van der Waals surface area contributed by atoms with Crippen LogP contribution in [0.15, 0.2) is 35.9 Å². The lowest BCUT2D eigenvalue weighted by Crippen LogP contribution is -2.25. The Morgan fingerprint density at radius 1 is 1.45 bits per heavy atom. The third-order valence-electron chi connectivity index (χ3n) is 3.77. The molecule has 2 unspecified atom stereocenters. The minimum absolute atomic E-state index is 0.161. The summed E-state index contributed by atoms with van der Waals surface area (Å²) in [5.74, 6) is 1.34. The Morgan fingerprint density at radius 3 is 2.95 bits per heavy atom. The van der Waals surface area contributed by atoms with Crippen molar-refractivity contribution in [3.8, 4) is 0 Å². The smallest absolute Gasteiger partial charge is 0.269 e. The first-order valence-corrected chi connectivity index (χ1v) is 7.16. The number of non-ortho nitro benzene ring substituents is 1. The molecule has 4 heteroatoms. The average Bonchev–Trinajstić information content (AvgIpc) is 2.38. The second-order valence-corrected chi connectivity index (χ2v) is 5.85. The Balaban J connectivity index is 1.83. The molecule has 108 valence electrons. The first-order valence-electron chi connectivity index (χ1n) is 7.16. The highest BCUT2D eigenvalue weighted by atomic mass is 16.6. The van der Waals surface area contributed by atoms with Gasteiger partial charge in [-0.3, -0.25) is 10.1 Å². The van der Waals surface area contributed by atoms with Crippen LogP contribution in [0.1, 0.15) is 32.3 Å². The topological polar surface area (TPSA) is 55.2 Å². The van der Waals surface area contributed by atoms with Crippen LogP contribution in [0.3, 0.4) is 0 Å². The molecule has 2 rings (SSSR count). The molecule has 1 N–H and O–H groups in total. The van der Waals surface area contributed by atoms with E-state index in [4.69, 9.17) is 0 Å². The maximum Gasteiger partial charge on any atom is 0.269 e. The highest BCUT2D eigenvalue weighted by Gasteiger charge is 2.17. The molecule has 20 heavy (non-hydrogen) atoms. The van der Waals surface area contributed by atoms with Gasteiger partial charge < -0.3 is 5.32 Å². The summed E-state index contributed by atoms with van der Waals surface area (Å²) < 4.78 is 0. The molecule has 0 aromatic heterocycles. The van der Waals surface area contributed by atoms with E-state index in [0.717, 1.165) is 18.5 Å². The molecule has 1 aliphatic rings. The Bertz CT molecular complexity index is 511. The van der Waals surface area contributed by atoms with Crippen molar-refractivity contribution >= 4 is 5.69 Å². The van der Waals surface area contributed by atoms with Gasteiger partial charge in [-0.1, -0.05) is 30.7 Å². The second-order valence-electron chi connectivity index (χ2n) is 5.85. The Labute approximate surface area is 120 Å². The number of nitro groups is 1. The highest BCUT2D eigenvalue weighted by molar-refractivity contribution is 5.34. The van der Waals surface area contributed by atoms with E-state index >= 15 is 0 Å². The van der Waals surface area contributed by atoms with E-state index in [1.165, 1.54) is 18.1 Å². The van der Waals surface area contributed by atoms with Gasteiger partial charge in [0.05, 0.1) is 4.92 Å². The van der Waals surface area contributed by atoms with Crippen LogP contribution in [-0.4, -0.2) is 11.5 Å². The van der Waals surface area contributed by atoms with Gasteiger partial charge in [-0.05, 0) is 43.7 Å². The molecular formula is C16H22N2O2. The highest BCUT2D eigenvalue weighted by Crippen LogP contribution is 2.27. The fourth-order valence-electron chi connectivity index (χ4n) is 3.04. The zero-order valence-corrected chi connectivity index (χ0v) is 12.1. The predicted octanol–water partition coefficient (Wildman–Crippen LogP) is 3.68. The largest absolute Gasteiger partial charge is 0.312 e. The molecule has 0 saturated heterocycles. The summed E-state index contributed by atoms with van der Waals surface area (Å²) in [7, 11) is 0. The molecule has 0 heterocycles. The Morgan fingerprint density at radius 2 is 2.25 bits per heavy atom. The third-order valence-corrected chi connectivity index (χ3v) is 3.77. The number of hydrogen-bond acceptors (Lipinski definition) is 3. The van der Waals surface area contributed by atoms with E-state index in [9.17, 15) is 10.1 Å². The summed E-state index contributed by atoms with van der Waals surface area (Å²) in [4.78, 5) is 10.4. The van der Waals surface area contributed by atoms with Gasteiger partial charge in [0, 0.05) is 18.7 Å². The van der Waals surface area contributed by atoms with Crippen molar-refractivity contribution in [2.45, 2.75) is 33.2 Å². The molecule has 0 fully saturated rings. The number of nitro benzene ring substituents is 1. The van der Waals surface area contributed by atoms with Crippen molar-refractivity contribution in [2.24, 2.45) is 11.8 Å². The first kappa shape index (κ1) is 14.7. The summed E-state index contributed by atoms with van der Waals surface area (Å²) in [6, 6.07) is 6.83. The number of rotatable bonds is 5. The Kier molecular flexibility index (Phi) is 4.90. The maximum atomic E-state index is 10.7. The number of benzene rings is 1. The van der Waals surface area contributed by atoms with Crippen LogP contribution < -0.4 is 5.32 Å². The van der Waals surface area contributed by atoms with Gasteiger partial charge in [0.15, 0.2) is 0 Å². The van der Waals surface area contributed by atoms with Crippen LogP contribution in [-0.2, 0) is 6.54 Å². The van der Waals surface area contributed by atoms with E-state index in [1.54, 1.807) is 12.1 Å². The molecule has 0 amide bonds. The Hall–Kier alpha value is -1.68. The van der Waals surface area contributed by atoms with Gasteiger partial charge in [0.2, 0.25) is 0 Å². The fourth-order valence-corrected chi connectivity index (χ4v) is 3.04. The molecular weight excluding hydrogens is 252 g/mol. The van der Waals surface area contributed by atoms with Crippen molar-refractivity contribution in [3.63, 3.8) is 0 Å². The van der Waals surface area contributed by atoms with Crippen LogP contribution in [0.4, 0.5) is 5.69 Å². The summed E-state index contributed by atoms with van der Waals surface area (Å²) in [5.41, 5.74) is 2.61. The van der Waals surface area contributed by atoms with Gasteiger partial charge in [0.25, 0.3) is 5.69 Å². The normalized spacial score (nSPS) is 22.4. The van der Waals surface area contributed by atoms with Crippen molar-refractivity contribution < 1.29 is 4.92 Å². The van der Waals surface area contributed by atoms with Crippen LogP contribution in [0, 0.1) is 22.0 Å². The van der Waals surface area contributed by atoms with Crippen LogP contribution in [0.5, 0.6) is 0 Å². The molecule has 0 saturated carbocycles. The summed E-state index contributed by atoms with van der Waals surface area (Å²) in [6.45, 7) is 6.12. The molecule has 0 bridgehead atoms. The lowest BCUT2D eigenvalue weighted by molar-refractivity contribution is -0.384. The standard InChI is InChI=1S/C16H22N2O2/c1-12-6-13(2)8-15(7-12)11-17-10-14-4-3-5-16(9-14)18(19)20/h3-6,9,12,15,17H,7-8,10-11H2,1-2H3. The second kappa shape index (κ2) is 6.66. The zero-order valence-electron chi connectivity index (χ0n) is 12.1. The minimum Gasteiger partial charge on any atom is -0.312 e. The van der Waals surface area contributed by atoms with Crippen molar-refractivity contribution in [2.75, 3.05) is 6.54 Å². The van der Waals surface area contributed by atoms with Crippen molar-refractivity contribution in [3.05, 3.63) is 51.6 Å². The third kappa shape index (κ3) is 4.17. The number of hydrogen-bond donors (Lipinski definition) is 1. The molecule has 1 aromatic rings. The van der Waals surface area contributed by atoms with Gasteiger partial charge in [-0.25, -0.2) is 0 Å². The zero-order chi connectivity index (χ0) is 14.5. The molecule has 0 radical (unpaired) electrons. The first-order chi connectivity index (χ1) is 9.54. The minimum atomic E-state index is -0.347.